The molecular formula is C11H9N3. The number of imidazole rings is 1. The van der Waals surface area contributed by atoms with E-state index in [0.29, 0.717) is 0 Å². The molecule has 0 spiro atoms. The van der Waals surface area contributed by atoms with Gasteiger partial charge in [-0.1, -0.05) is 18.2 Å². The van der Waals surface area contributed by atoms with E-state index in [4.69, 9.17) is 0 Å². The van der Waals surface area contributed by atoms with Crippen molar-refractivity contribution in [3.8, 4) is 5.69 Å². The average Bonchev–Trinajstić information content (AvgIpc) is 2.61. The van der Waals surface area contributed by atoms with Crippen LogP contribution >= 0.6 is 0 Å². The fraction of sp³-hybridized carbons (Fsp3) is 0.0909. The van der Waals surface area contributed by atoms with E-state index < -0.39 is 0 Å². The van der Waals surface area contributed by atoms with Crippen LogP contribution in [0.3, 0.4) is 0 Å². The maximum atomic E-state index is 4.32. The van der Waals surface area contributed by atoms with Gasteiger partial charge in [0.1, 0.15) is 0 Å². The van der Waals surface area contributed by atoms with E-state index in [-0.39, 0.29) is 0 Å². The second kappa shape index (κ2) is 2.80. The van der Waals surface area contributed by atoms with E-state index >= 15 is 0 Å². The summed E-state index contributed by atoms with van der Waals surface area (Å²) in [6, 6.07) is 8.27. The summed E-state index contributed by atoms with van der Waals surface area (Å²) in [5.74, 6) is 0.898. The van der Waals surface area contributed by atoms with Crippen molar-refractivity contribution in [1.82, 2.24) is 9.55 Å². The smallest absolute Gasteiger partial charge is 0.155 e. The molecule has 2 heterocycles. The third-order valence-corrected chi connectivity index (χ3v) is 2.39. The lowest BCUT2D eigenvalue weighted by Gasteiger charge is -2.06. The Hall–Kier alpha value is -1.90. The number of aromatic nitrogens is 2. The maximum absolute atomic E-state index is 4.32. The molecule has 0 saturated heterocycles. The molecule has 0 bridgehead atoms. The summed E-state index contributed by atoms with van der Waals surface area (Å²) in [7, 11) is 0. The van der Waals surface area contributed by atoms with Crippen LogP contribution in [0.2, 0.25) is 0 Å². The Bertz CT molecular complexity index is 497. The fourth-order valence-electron chi connectivity index (χ4n) is 1.72. The SMILES string of the molecule is C1=NCc2ccccc2-n2ccnc21. The molecule has 0 saturated carbocycles. The lowest BCUT2D eigenvalue weighted by molar-refractivity contribution is 1.01. The monoisotopic (exact) mass is 183 g/mol. The van der Waals surface area contributed by atoms with Crippen molar-refractivity contribution in [3.63, 3.8) is 0 Å². The van der Waals surface area contributed by atoms with Crippen LogP contribution in [-0.2, 0) is 6.54 Å². The third-order valence-electron chi connectivity index (χ3n) is 2.39. The minimum atomic E-state index is 0.736. The molecule has 3 rings (SSSR count). The minimum absolute atomic E-state index is 0.736. The Morgan fingerprint density at radius 1 is 1.21 bits per heavy atom. The van der Waals surface area contributed by atoms with E-state index in [0.717, 1.165) is 12.4 Å². The number of para-hydroxylation sites is 1. The minimum Gasteiger partial charge on any atom is -0.299 e. The first kappa shape index (κ1) is 7.50. The van der Waals surface area contributed by atoms with Crippen molar-refractivity contribution in [2.45, 2.75) is 6.54 Å². The number of rotatable bonds is 0. The van der Waals surface area contributed by atoms with Crippen molar-refractivity contribution < 1.29 is 0 Å². The molecule has 0 atom stereocenters. The largest absolute Gasteiger partial charge is 0.299 e. The molecule has 0 unspecified atom stereocenters. The van der Waals surface area contributed by atoms with Gasteiger partial charge in [0.15, 0.2) is 5.82 Å². The molecule has 14 heavy (non-hydrogen) atoms. The van der Waals surface area contributed by atoms with E-state index in [1.807, 2.05) is 24.5 Å². The van der Waals surface area contributed by atoms with Gasteiger partial charge in [-0.15, -0.1) is 0 Å². The normalized spacial score (nSPS) is 13.1. The van der Waals surface area contributed by atoms with E-state index in [1.54, 1.807) is 6.20 Å². The standard InChI is InChI=1S/C11H9N3/c1-2-4-10-9(3-1)7-12-8-11-13-5-6-14(10)11/h1-6,8H,7H2. The Morgan fingerprint density at radius 2 is 2.14 bits per heavy atom. The van der Waals surface area contributed by atoms with Crippen LogP contribution in [0.1, 0.15) is 11.4 Å². The molecule has 0 fully saturated rings. The van der Waals surface area contributed by atoms with Crippen molar-refractivity contribution in [2.24, 2.45) is 4.99 Å². The zero-order valence-electron chi connectivity index (χ0n) is 7.59. The van der Waals surface area contributed by atoms with Crippen LogP contribution in [0, 0.1) is 0 Å². The van der Waals surface area contributed by atoms with Crippen molar-refractivity contribution in [2.75, 3.05) is 0 Å². The van der Waals surface area contributed by atoms with Crippen LogP contribution in [0.5, 0.6) is 0 Å². The first-order chi connectivity index (χ1) is 6.95. The molecule has 1 aliphatic heterocycles. The lowest BCUT2D eigenvalue weighted by atomic mass is 10.2. The highest BCUT2D eigenvalue weighted by atomic mass is 15.1. The summed E-state index contributed by atoms with van der Waals surface area (Å²) in [6.45, 7) is 0.736. The summed E-state index contributed by atoms with van der Waals surface area (Å²) < 4.78 is 2.06. The Labute approximate surface area is 81.7 Å². The summed E-state index contributed by atoms with van der Waals surface area (Å²) >= 11 is 0. The zero-order valence-corrected chi connectivity index (χ0v) is 7.59. The molecule has 3 nitrogen and oxygen atoms in total. The number of hydrogen-bond acceptors (Lipinski definition) is 2. The quantitative estimate of drug-likeness (QED) is 0.612. The van der Waals surface area contributed by atoms with Gasteiger partial charge in [-0.05, 0) is 11.6 Å². The molecule has 0 radical (unpaired) electrons. The molecule has 1 aromatic heterocycles. The fourth-order valence-corrected chi connectivity index (χ4v) is 1.72. The molecule has 1 aromatic carbocycles. The highest BCUT2D eigenvalue weighted by molar-refractivity contribution is 5.77. The van der Waals surface area contributed by atoms with Crippen molar-refractivity contribution >= 4 is 6.21 Å². The first-order valence-electron chi connectivity index (χ1n) is 4.56. The molecular weight excluding hydrogens is 174 g/mol. The van der Waals surface area contributed by atoms with Gasteiger partial charge in [0.05, 0.1) is 18.4 Å². The summed E-state index contributed by atoms with van der Waals surface area (Å²) in [6.07, 6.45) is 5.58. The second-order valence-corrected chi connectivity index (χ2v) is 3.25. The first-order valence-corrected chi connectivity index (χ1v) is 4.56. The zero-order chi connectivity index (χ0) is 9.38. The van der Waals surface area contributed by atoms with Gasteiger partial charge in [0.2, 0.25) is 0 Å². The van der Waals surface area contributed by atoms with E-state index in [9.17, 15) is 0 Å². The Kier molecular flexibility index (Phi) is 1.50. The number of nitrogens with zero attached hydrogens (tertiary/aromatic N) is 3. The van der Waals surface area contributed by atoms with Gasteiger partial charge in [-0.3, -0.25) is 9.56 Å². The molecule has 1 aliphatic rings. The van der Waals surface area contributed by atoms with Crippen LogP contribution in [0.15, 0.2) is 41.7 Å². The van der Waals surface area contributed by atoms with Gasteiger partial charge in [-0.2, -0.15) is 0 Å². The van der Waals surface area contributed by atoms with Crippen LogP contribution in [-0.4, -0.2) is 15.8 Å². The van der Waals surface area contributed by atoms with Gasteiger partial charge < -0.3 is 0 Å². The van der Waals surface area contributed by atoms with Gasteiger partial charge >= 0.3 is 0 Å². The molecule has 3 heteroatoms. The summed E-state index contributed by atoms with van der Waals surface area (Å²) in [5.41, 5.74) is 2.41. The van der Waals surface area contributed by atoms with E-state index in [2.05, 4.69) is 26.7 Å². The highest BCUT2D eigenvalue weighted by Crippen LogP contribution is 2.18. The lowest BCUT2D eigenvalue weighted by Crippen LogP contribution is -1.99. The topological polar surface area (TPSA) is 30.2 Å². The van der Waals surface area contributed by atoms with Gasteiger partial charge in [0, 0.05) is 12.4 Å². The molecule has 0 amide bonds. The number of hydrogen-bond donors (Lipinski definition) is 0. The average molecular weight is 183 g/mol. The van der Waals surface area contributed by atoms with Crippen LogP contribution in [0.25, 0.3) is 5.69 Å². The predicted molar refractivity (Wildman–Crippen MR) is 54.9 cm³/mol. The highest BCUT2D eigenvalue weighted by Gasteiger charge is 2.09. The predicted octanol–water partition coefficient (Wildman–Crippen LogP) is 1.80. The Morgan fingerprint density at radius 3 is 3.14 bits per heavy atom. The second-order valence-electron chi connectivity index (χ2n) is 3.25. The number of fused-ring (bicyclic) bond motifs is 3. The summed E-state index contributed by atoms with van der Waals surface area (Å²) in [5, 5.41) is 0. The molecule has 0 N–H and O–H groups in total. The van der Waals surface area contributed by atoms with Crippen LogP contribution < -0.4 is 0 Å². The maximum Gasteiger partial charge on any atom is 0.155 e. The van der Waals surface area contributed by atoms with Crippen molar-refractivity contribution in [3.05, 3.63) is 48.0 Å². The van der Waals surface area contributed by atoms with Gasteiger partial charge in [-0.25, -0.2) is 4.98 Å². The molecule has 68 valence electrons. The number of benzene rings is 1. The third kappa shape index (κ3) is 0.988. The van der Waals surface area contributed by atoms with Crippen molar-refractivity contribution in [1.29, 1.82) is 0 Å². The molecule has 2 aromatic rings. The molecule has 0 aliphatic carbocycles. The van der Waals surface area contributed by atoms with E-state index in [1.165, 1.54) is 11.3 Å². The van der Waals surface area contributed by atoms with Gasteiger partial charge in [0.25, 0.3) is 0 Å². The summed E-state index contributed by atoms with van der Waals surface area (Å²) in [4.78, 5) is 8.55. The Balaban J connectivity index is 2.33. The number of aliphatic imine (C=N–C) groups is 1. The van der Waals surface area contributed by atoms with Crippen LogP contribution in [0.4, 0.5) is 0 Å².